The van der Waals surface area contributed by atoms with Crippen molar-refractivity contribution in [3.8, 4) is 0 Å². The Hall–Kier alpha value is -0.860. The molecule has 0 spiro atoms. The van der Waals surface area contributed by atoms with Crippen molar-refractivity contribution in [1.82, 2.24) is 10.2 Å². The lowest BCUT2D eigenvalue weighted by Crippen LogP contribution is -2.40. The molecular weight excluding hydrogens is 220 g/mol. The van der Waals surface area contributed by atoms with E-state index in [1.54, 1.807) is 5.56 Å². The minimum Gasteiger partial charge on any atom is -0.309 e. The molecule has 0 amide bonds. The van der Waals surface area contributed by atoms with E-state index in [1.165, 1.54) is 44.3 Å². The molecule has 0 aromatic heterocycles. The van der Waals surface area contributed by atoms with E-state index >= 15 is 0 Å². The van der Waals surface area contributed by atoms with Crippen molar-refractivity contribution in [1.29, 1.82) is 0 Å². The van der Waals surface area contributed by atoms with Gasteiger partial charge >= 0.3 is 0 Å². The first kappa shape index (κ1) is 12.2. The summed E-state index contributed by atoms with van der Waals surface area (Å²) in [5, 5.41) is 3.71. The van der Waals surface area contributed by atoms with Gasteiger partial charge in [0.2, 0.25) is 0 Å². The van der Waals surface area contributed by atoms with E-state index in [0.29, 0.717) is 6.04 Å². The molecule has 2 heterocycles. The first-order valence-electron chi connectivity index (χ1n) is 7.43. The SMILES string of the molecule is CCC1CCCN1CC1NCCc2ccccc21. The Labute approximate surface area is 110 Å². The molecule has 1 N–H and O–H groups in total. The molecule has 2 aliphatic heterocycles. The summed E-state index contributed by atoms with van der Waals surface area (Å²) in [5.41, 5.74) is 3.08. The van der Waals surface area contributed by atoms with Gasteiger partial charge in [0.15, 0.2) is 0 Å². The first-order valence-corrected chi connectivity index (χ1v) is 7.43. The average molecular weight is 244 g/mol. The summed E-state index contributed by atoms with van der Waals surface area (Å²) < 4.78 is 0. The van der Waals surface area contributed by atoms with Crippen LogP contribution < -0.4 is 5.32 Å². The zero-order chi connectivity index (χ0) is 12.4. The van der Waals surface area contributed by atoms with Crippen LogP contribution >= 0.6 is 0 Å². The van der Waals surface area contributed by atoms with E-state index in [-0.39, 0.29) is 0 Å². The maximum atomic E-state index is 3.71. The highest BCUT2D eigenvalue weighted by Crippen LogP contribution is 2.27. The van der Waals surface area contributed by atoms with E-state index in [0.717, 1.165) is 12.6 Å². The number of rotatable bonds is 3. The first-order chi connectivity index (χ1) is 8.88. The lowest BCUT2D eigenvalue weighted by molar-refractivity contribution is 0.218. The number of likely N-dealkylation sites (tertiary alicyclic amines) is 1. The van der Waals surface area contributed by atoms with Gasteiger partial charge in [-0.1, -0.05) is 31.2 Å². The Kier molecular flexibility index (Phi) is 3.67. The van der Waals surface area contributed by atoms with E-state index < -0.39 is 0 Å². The Morgan fingerprint density at radius 2 is 2.22 bits per heavy atom. The van der Waals surface area contributed by atoms with Gasteiger partial charge in [-0.3, -0.25) is 4.90 Å². The van der Waals surface area contributed by atoms with Crippen molar-refractivity contribution in [2.45, 2.75) is 44.7 Å². The molecule has 18 heavy (non-hydrogen) atoms. The number of benzene rings is 1. The van der Waals surface area contributed by atoms with E-state index in [4.69, 9.17) is 0 Å². The van der Waals surface area contributed by atoms with Gasteiger partial charge in [0, 0.05) is 18.6 Å². The van der Waals surface area contributed by atoms with Crippen LogP contribution in [0, 0.1) is 0 Å². The number of fused-ring (bicyclic) bond motifs is 1. The second-order valence-electron chi connectivity index (χ2n) is 5.65. The summed E-state index contributed by atoms with van der Waals surface area (Å²) in [6.07, 6.45) is 5.26. The van der Waals surface area contributed by atoms with E-state index in [9.17, 15) is 0 Å². The smallest absolute Gasteiger partial charge is 0.0452 e. The monoisotopic (exact) mass is 244 g/mol. The third-order valence-electron chi connectivity index (χ3n) is 4.60. The van der Waals surface area contributed by atoms with E-state index in [1.807, 2.05) is 0 Å². The van der Waals surface area contributed by atoms with Crippen LogP contribution in [0.5, 0.6) is 0 Å². The third kappa shape index (κ3) is 2.32. The Morgan fingerprint density at radius 3 is 3.11 bits per heavy atom. The fourth-order valence-electron chi connectivity index (χ4n) is 3.59. The number of hydrogen-bond donors (Lipinski definition) is 1. The summed E-state index contributed by atoms with van der Waals surface area (Å²) in [4.78, 5) is 2.69. The van der Waals surface area contributed by atoms with Crippen molar-refractivity contribution in [3.05, 3.63) is 35.4 Å². The lowest BCUT2D eigenvalue weighted by atomic mass is 9.94. The zero-order valence-corrected chi connectivity index (χ0v) is 11.4. The zero-order valence-electron chi connectivity index (χ0n) is 11.4. The summed E-state index contributed by atoms with van der Waals surface area (Å²) in [6.45, 7) is 5.94. The third-order valence-corrected chi connectivity index (χ3v) is 4.60. The van der Waals surface area contributed by atoms with Crippen LogP contribution in [0.3, 0.4) is 0 Å². The van der Waals surface area contributed by atoms with Gasteiger partial charge in [0.1, 0.15) is 0 Å². The fourth-order valence-corrected chi connectivity index (χ4v) is 3.59. The predicted octanol–water partition coefficient (Wildman–Crippen LogP) is 2.75. The van der Waals surface area contributed by atoms with Crippen LogP contribution in [0.2, 0.25) is 0 Å². The molecular formula is C16H24N2. The van der Waals surface area contributed by atoms with Gasteiger partial charge in [0.25, 0.3) is 0 Å². The Balaban J connectivity index is 1.74. The molecule has 2 nitrogen and oxygen atoms in total. The molecule has 2 heteroatoms. The molecule has 1 aromatic rings. The largest absolute Gasteiger partial charge is 0.309 e. The van der Waals surface area contributed by atoms with Gasteiger partial charge < -0.3 is 5.32 Å². The summed E-state index contributed by atoms with van der Waals surface area (Å²) >= 11 is 0. The second kappa shape index (κ2) is 5.41. The standard InChI is InChI=1S/C16H24N2/c1-2-14-7-5-11-18(14)12-16-15-8-4-3-6-13(15)9-10-17-16/h3-4,6,8,14,16-17H,2,5,7,9-12H2,1H3. The molecule has 0 saturated carbocycles. The highest BCUT2D eigenvalue weighted by atomic mass is 15.2. The van der Waals surface area contributed by atoms with Crippen molar-refractivity contribution in [2.24, 2.45) is 0 Å². The highest BCUT2D eigenvalue weighted by Gasteiger charge is 2.27. The molecule has 98 valence electrons. The summed E-state index contributed by atoms with van der Waals surface area (Å²) in [7, 11) is 0. The lowest BCUT2D eigenvalue weighted by Gasteiger charge is -2.33. The van der Waals surface area contributed by atoms with Gasteiger partial charge in [-0.15, -0.1) is 0 Å². The topological polar surface area (TPSA) is 15.3 Å². The number of nitrogens with one attached hydrogen (secondary N) is 1. The Morgan fingerprint density at radius 1 is 1.33 bits per heavy atom. The minimum absolute atomic E-state index is 0.544. The molecule has 2 aliphatic rings. The van der Waals surface area contributed by atoms with Gasteiger partial charge in [-0.25, -0.2) is 0 Å². The van der Waals surface area contributed by atoms with Gasteiger partial charge in [-0.2, -0.15) is 0 Å². The molecule has 0 radical (unpaired) electrons. The van der Waals surface area contributed by atoms with Crippen molar-refractivity contribution >= 4 is 0 Å². The number of nitrogens with zero attached hydrogens (tertiary/aromatic N) is 1. The van der Waals surface area contributed by atoms with Crippen LogP contribution in [-0.2, 0) is 6.42 Å². The summed E-state index contributed by atoms with van der Waals surface area (Å²) in [6, 6.07) is 10.3. The molecule has 1 aromatic carbocycles. The van der Waals surface area contributed by atoms with Crippen molar-refractivity contribution in [3.63, 3.8) is 0 Å². The van der Waals surface area contributed by atoms with Crippen molar-refractivity contribution in [2.75, 3.05) is 19.6 Å². The van der Waals surface area contributed by atoms with Crippen LogP contribution in [0.4, 0.5) is 0 Å². The van der Waals surface area contributed by atoms with Crippen LogP contribution in [0.25, 0.3) is 0 Å². The predicted molar refractivity (Wildman–Crippen MR) is 75.8 cm³/mol. The fraction of sp³-hybridized carbons (Fsp3) is 0.625. The van der Waals surface area contributed by atoms with E-state index in [2.05, 4.69) is 41.4 Å². The molecule has 2 atom stereocenters. The molecule has 0 aliphatic carbocycles. The normalized spacial score (nSPS) is 28.3. The molecule has 3 rings (SSSR count). The van der Waals surface area contributed by atoms with Crippen LogP contribution in [-0.4, -0.2) is 30.6 Å². The average Bonchev–Trinajstić information content (AvgIpc) is 2.86. The maximum Gasteiger partial charge on any atom is 0.0452 e. The molecule has 2 unspecified atom stereocenters. The van der Waals surface area contributed by atoms with Crippen molar-refractivity contribution < 1.29 is 0 Å². The Bertz CT molecular complexity index is 402. The van der Waals surface area contributed by atoms with Crippen LogP contribution in [0.15, 0.2) is 24.3 Å². The second-order valence-corrected chi connectivity index (χ2v) is 5.65. The van der Waals surface area contributed by atoms with Crippen LogP contribution in [0.1, 0.15) is 43.4 Å². The quantitative estimate of drug-likeness (QED) is 0.879. The maximum absolute atomic E-state index is 3.71. The van der Waals surface area contributed by atoms with Gasteiger partial charge in [0.05, 0.1) is 0 Å². The highest BCUT2D eigenvalue weighted by molar-refractivity contribution is 5.32. The molecule has 0 bridgehead atoms. The van der Waals surface area contributed by atoms with Gasteiger partial charge in [-0.05, 0) is 49.9 Å². The molecule has 1 fully saturated rings. The minimum atomic E-state index is 0.544. The summed E-state index contributed by atoms with van der Waals surface area (Å²) in [5.74, 6) is 0. The molecule has 1 saturated heterocycles. The number of hydrogen-bond acceptors (Lipinski definition) is 2.